The summed E-state index contributed by atoms with van der Waals surface area (Å²) in [6.07, 6.45) is 0. The lowest BCUT2D eigenvalue weighted by molar-refractivity contribution is -0.136. The standard InChI is InChI=1S/C24H22O3/c1-3-27-24(25)23(19-12-8-5-9-13-19)22(18-10-6-4-7-11-18)20-14-16-21(26-2)17-15-20/h4-17H,3H2,1-2H3/b23-22+. The topological polar surface area (TPSA) is 35.5 Å². The number of carbonyl (C=O) groups is 1. The van der Waals surface area contributed by atoms with E-state index in [1.807, 2.05) is 91.9 Å². The molecule has 0 spiro atoms. The van der Waals surface area contributed by atoms with Crippen LogP contribution >= 0.6 is 0 Å². The summed E-state index contributed by atoms with van der Waals surface area (Å²) in [6, 6.07) is 27.2. The molecule has 0 atom stereocenters. The zero-order valence-electron chi connectivity index (χ0n) is 15.5. The van der Waals surface area contributed by atoms with Crippen molar-refractivity contribution in [2.75, 3.05) is 13.7 Å². The molecule has 0 aliphatic carbocycles. The highest BCUT2D eigenvalue weighted by molar-refractivity contribution is 6.26. The molecule has 0 aromatic heterocycles. The summed E-state index contributed by atoms with van der Waals surface area (Å²) in [6.45, 7) is 2.13. The molecule has 3 aromatic rings. The molecule has 3 heteroatoms. The van der Waals surface area contributed by atoms with Crippen LogP contribution in [0.5, 0.6) is 5.75 Å². The van der Waals surface area contributed by atoms with Gasteiger partial charge in [0.2, 0.25) is 0 Å². The molecular weight excluding hydrogens is 336 g/mol. The van der Waals surface area contributed by atoms with Gasteiger partial charge in [0, 0.05) is 5.57 Å². The van der Waals surface area contributed by atoms with Gasteiger partial charge < -0.3 is 9.47 Å². The second-order valence-electron chi connectivity index (χ2n) is 5.93. The second-order valence-corrected chi connectivity index (χ2v) is 5.93. The zero-order chi connectivity index (χ0) is 19.1. The molecule has 0 N–H and O–H groups in total. The van der Waals surface area contributed by atoms with E-state index in [0.717, 1.165) is 28.0 Å². The molecule has 0 bridgehead atoms. The van der Waals surface area contributed by atoms with Crippen molar-refractivity contribution in [3.8, 4) is 5.75 Å². The highest BCUT2D eigenvalue weighted by Gasteiger charge is 2.21. The monoisotopic (exact) mass is 358 g/mol. The van der Waals surface area contributed by atoms with Crippen molar-refractivity contribution in [2.45, 2.75) is 6.92 Å². The predicted octanol–water partition coefficient (Wildman–Crippen LogP) is 5.22. The number of methoxy groups -OCH3 is 1. The number of ether oxygens (including phenoxy) is 2. The summed E-state index contributed by atoms with van der Waals surface area (Å²) in [4.78, 5) is 13.0. The van der Waals surface area contributed by atoms with Crippen LogP contribution in [0.15, 0.2) is 84.9 Å². The van der Waals surface area contributed by atoms with E-state index in [4.69, 9.17) is 9.47 Å². The molecule has 0 aliphatic heterocycles. The van der Waals surface area contributed by atoms with Crippen LogP contribution < -0.4 is 4.74 Å². The maximum absolute atomic E-state index is 13.0. The van der Waals surface area contributed by atoms with Crippen molar-refractivity contribution >= 4 is 17.1 Å². The highest BCUT2D eigenvalue weighted by atomic mass is 16.5. The number of hydrogen-bond acceptors (Lipinski definition) is 3. The SMILES string of the molecule is CCOC(=O)/C(=C(\c1ccccc1)c1ccc(OC)cc1)c1ccccc1. The second kappa shape index (κ2) is 8.86. The van der Waals surface area contributed by atoms with E-state index in [1.165, 1.54) is 0 Å². The van der Waals surface area contributed by atoms with Crippen LogP contribution in [-0.4, -0.2) is 19.7 Å². The fraction of sp³-hybridized carbons (Fsp3) is 0.125. The molecule has 0 unspecified atom stereocenters. The number of rotatable bonds is 6. The third-order valence-corrected chi connectivity index (χ3v) is 4.23. The molecule has 0 saturated carbocycles. The Kier molecular flexibility index (Phi) is 6.06. The van der Waals surface area contributed by atoms with Crippen LogP contribution in [0.2, 0.25) is 0 Å². The Hall–Kier alpha value is -3.33. The van der Waals surface area contributed by atoms with Crippen molar-refractivity contribution in [1.82, 2.24) is 0 Å². The van der Waals surface area contributed by atoms with Gasteiger partial charge in [-0.25, -0.2) is 4.79 Å². The van der Waals surface area contributed by atoms with Crippen molar-refractivity contribution in [3.63, 3.8) is 0 Å². The van der Waals surface area contributed by atoms with Gasteiger partial charge in [-0.15, -0.1) is 0 Å². The van der Waals surface area contributed by atoms with E-state index in [-0.39, 0.29) is 5.97 Å². The van der Waals surface area contributed by atoms with Gasteiger partial charge in [0.05, 0.1) is 19.3 Å². The highest BCUT2D eigenvalue weighted by Crippen LogP contribution is 2.34. The van der Waals surface area contributed by atoms with Crippen molar-refractivity contribution in [1.29, 1.82) is 0 Å². The molecular formula is C24H22O3. The van der Waals surface area contributed by atoms with E-state index in [2.05, 4.69) is 0 Å². The van der Waals surface area contributed by atoms with Gasteiger partial charge >= 0.3 is 5.97 Å². The van der Waals surface area contributed by atoms with Crippen LogP contribution in [0, 0.1) is 0 Å². The zero-order valence-corrected chi connectivity index (χ0v) is 15.5. The minimum atomic E-state index is -0.335. The molecule has 0 heterocycles. The largest absolute Gasteiger partial charge is 0.497 e. The minimum Gasteiger partial charge on any atom is -0.497 e. The Balaban J connectivity index is 2.30. The van der Waals surface area contributed by atoms with Crippen LogP contribution in [0.4, 0.5) is 0 Å². The molecule has 136 valence electrons. The molecule has 0 saturated heterocycles. The molecule has 0 fully saturated rings. The van der Waals surface area contributed by atoms with Gasteiger partial charge in [0.15, 0.2) is 0 Å². The van der Waals surface area contributed by atoms with Gasteiger partial charge in [-0.3, -0.25) is 0 Å². The first-order valence-corrected chi connectivity index (χ1v) is 8.91. The molecule has 0 amide bonds. The fourth-order valence-corrected chi connectivity index (χ4v) is 2.99. The Bertz CT molecular complexity index is 911. The Morgan fingerprint density at radius 1 is 0.741 bits per heavy atom. The number of hydrogen-bond donors (Lipinski definition) is 0. The van der Waals surface area contributed by atoms with Crippen LogP contribution in [-0.2, 0) is 9.53 Å². The van der Waals surface area contributed by atoms with Crippen molar-refractivity contribution < 1.29 is 14.3 Å². The maximum Gasteiger partial charge on any atom is 0.339 e. The first-order chi connectivity index (χ1) is 13.2. The first kappa shape index (κ1) is 18.5. The third-order valence-electron chi connectivity index (χ3n) is 4.23. The maximum atomic E-state index is 13.0. The van der Waals surface area contributed by atoms with E-state index < -0.39 is 0 Å². The quantitative estimate of drug-likeness (QED) is 0.344. The van der Waals surface area contributed by atoms with Crippen molar-refractivity contribution in [3.05, 3.63) is 102 Å². The summed E-state index contributed by atoms with van der Waals surface area (Å²) in [5.74, 6) is 0.432. The van der Waals surface area contributed by atoms with E-state index in [0.29, 0.717) is 12.2 Å². The average Bonchev–Trinajstić information content (AvgIpc) is 2.73. The van der Waals surface area contributed by atoms with Gasteiger partial charge in [0.1, 0.15) is 5.75 Å². The number of esters is 1. The third kappa shape index (κ3) is 4.26. The molecule has 3 aromatic carbocycles. The van der Waals surface area contributed by atoms with Gasteiger partial charge in [-0.2, -0.15) is 0 Å². The lowest BCUT2D eigenvalue weighted by atomic mass is 9.89. The number of benzene rings is 3. The van der Waals surface area contributed by atoms with Crippen LogP contribution in [0.1, 0.15) is 23.6 Å². The van der Waals surface area contributed by atoms with Crippen LogP contribution in [0.25, 0.3) is 11.1 Å². The Morgan fingerprint density at radius 3 is 1.78 bits per heavy atom. The normalized spacial score (nSPS) is 11.5. The smallest absolute Gasteiger partial charge is 0.339 e. The Labute approximate surface area is 159 Å². The van der Waals surface area contributed by atoms with Gasteiger partial charge in [-0.1, -0.05) is 72.8 Å². The van der Waals surface area contributed by atoms with Crippen LogP contribution in [0.3, 0.4) is 0 Å². The van der Waals surface area contributed by atoms with E-state index >= 15 is 0 Å². The lowest BCUT2D eigenvalue weighted by Crippen LogP contribution is -2.10. The lowest BCUT2D eigenvalue weighted by Gasteiger charge is -2.16. The van der Waals surface area contributed by atoms with Gasteiger partial charge in [-0.05, 0) is 35.7 Å². The summed E-state index contributed by atoms with van der Waals surface area (Å²) in [5.41, 5.74) is 4.09. The fourth-order valence-electron chi connectivity index (χ4n) is 2.99. The minimum absolute atomic E-state index is 0.319. The van der Waals surface area contributed by atoms with E-state index in [1.54, 1.807) is 7.11 Å². The van der Waals surface area contributed by atoms with E-state index in [9.17, 15) is 4.79 Å². The first-order valence-electron chi connectivity index (χ1n) is 8.91. The predicted molar refractivity (Wildman–Crippen MR) is 108 cm³/mol. The Morgan fingerprint density at radius 2 is 1.26 bits per heavy atom. The van der Waals surface area contributed by atoms with Gasteiger partial charge in [0.25, 0.3) is 0 Å². The van der Waals surface area contributed by atoms with Crippen molar-refractivity contribution in [2.24, 2.45) is 0 Å². The summed E-state index contributed by atoms with van der Waals surface area (Å²) >= 11 is 0. The molecule has 3 rings (SSSR count). The molecule has 0 radical (unpaired) electrons. The molecule has 27 heavy (non-hydrogen) atoms. The summed E-state index contributed by atoms with van der Waals surface area (Å²) in [5, 5.41) is 0. The molecule has 0 aliphatic rings. The molecule has 3 nitrogen and oxygen atoms in total. The number of carbonyl (C=O) groups excluding carboxylic acids is 1. The average molecular weight is 358 g/mol. The summed E-state index contributed by atoms with van der Waals surface area (Å²) in [7, 11) is 1.64. The summed E-state index contributed by atoms with van der Waals surface area (Å²) < 4.78 is 10.7.